The molecule has 1 saturated heterocycles. The Labute approximate surface area is 59.7 Å². The van der Waals surface area contributed by atoms with Gasteiger partial charge >= 0.3 is 0 Å². The number of rotatable bonds is 0. The van der Waals surface area contributed by atoms with Gasteiger partial charge in [0.15, 0.2) is 0 Å². The fraction of sp³-hybridized carbons (Fsp3) is 1.00. The van der Waals surface area contributed by atoms with E-state index in [4.69, 9.17) is 4.74 Å². The highest BCUT2D eigenvalue weighted by Gasteiger charge is 2.21. The molecule has 0 radical (unpaired) electrons. The van der Waals surface area contributed by atoms with Gasteiger partial charge in [-0.3, -0.25) is 0 Å². The van der Waals surface area contributed by atoms with Gasteiger partial charge in [-0.2, -0.15) is 0 Å². The summed E-state index contributed by atoms with van der Waals surface area (Å²) in [7, 11) is 0. The molecule has 1 aliphatic heterocycles. The molecule has 0 bridgehead atoms. The van der Waals surface area contributed by atoms with Crippen LogP contribution in [0.1, 0.15) is 6.42 Å². The molecule has 3 heteroatoms. The highest BCUT2D eigenvalue weighted by molar-refractivity contribution is 9.12. The molecule has 0 aromatic heterocycles. The van der Waals surface area contributed by atoms with Crippen LogP contribution in [0.4, 0.5) is 0 Å². The molecule has 1 heterocycles. The fourth-order valence-electron chi connectivity index (χ4n) is 0.529. The first-order valence-electron chi connectivity index (χ1n) is 2.20. The van der Waals surface area contributed by atoms with Gasteiger partial charge in [0.1, 0.15) is 5.01 Å². The van der Waals surface area contributed by atoms with Crippen molar-refractivity contribution in [2.75, 3.05) is 6.61 Å². The average molecular weight is 230 g/mol. The van der Waals surface area contributed by atoms with Crippen LogP contribution < -0.4 is 0 Å². The Bertz CT molecular complexity index is 58.7. The third-order valence-corrected chi connectivity index (χ3v) is 3.50. The summed E-state index contributed by atoms with van der Waals surface area (Å²) < 4.78 is 5.13. The van der Waals surface area contributed by atoms with Crippen LogP contribution in [0.5, 0.6) is 0 Å². The maximum absolute atomic E-state index is 5.13. The summed E-state index contributed by atoms with van der Waals surface area (Å²) in [6.07, 6.45) is 1.12. The molecule has 0 aromatic carbocycles. The van der Waals surface area contributed by atoms with Crippen molar-refractivity contribution >= 4 is 31.9 Å². The van der Waals surface area contributed by atoms with Crippen LogP contribution >= 0.6 is 31.9 Å². The Morgan fingerprint density at radius 3 is 2.29 bits per heavy atom. The lowest BCUT2D eigenvalue weighted by Crippen LogP contribution is -2.04. The SMILES string of the molecule is BrC1CCOC1Br. The number of ether oxygens (including phenoxy) is 1. The van der Waals surface area contributed by atoms with E-state index in [1.807, 2.05) is 0 Å². The first-order valence-corrected chi connectivity index (χ1v) is 4.03. The van der Waals surface area contributed by atoms with E-state index in [-0.39, 0.29) is 5.01 Å². The van der Waals surface area contributed by atoms with E-state index in [1.54, 1.807) is 0 Å². The first kappa shape index (κ1) is 6.05. The van der Waals surface area contributed by atoms with Gasteiger partial charge in [0.2, 0.25) is 0 Å². The summed E-state index contributed by atoms with van der Waals surface area (Å²) in [5.74, 6) is 0. The van der Waals surface area contributed by atoms with Crippen molar-refractivity contribution in [1.29, 1.82) is 0 Å². The van der Waals surface area contributed by atoms with E-state index >= 15 is 0 Å². The smallest absolute Gasteiger partial charge is 0.125 e. The van der Waals surface area contributed by atoms with E-state index in [0.717, 1.165) is 13.0 Å². The van der Waals surface area contributed by atoms with Crippen molar-refractivity contribution < 1.29 is 4.74 Å². The molecule has 0 amide bonds. The van der Waals surface area contributed by atoms with E-state index in [0.29, 0.717) is 4.83 Å². The van der Waals surface area contributed by atoms with Crippen molar-refractivity contribution in [2.45, 2.75) is 16.3 Å². The van der Waals surface area contributed by atoms with Gasteiger partial charge in [0.05, 0.1) is 4.83 Å². The van der Waals surface area contributed by atoms with Crippen LogP contribution in [0.3, 0.4) is 0 Å². The molecule has 0 saturated carbocycles. The van der Waals surface area contributed by atoms with Crippen LogP contribution in [-0.4, -0.2) is 16.4 Å². The minimum atomic E-state index is 0.243. The second-order valence-corrected chi connectivity index (χ2v) is 3.61. The predicted molar refractivity (Wildman–Crippen MR) is 36.0 cm³/mol. The van der Waals surface area contributed by atoms with Crippen molar-refractivity contribution in [3.63, 3.8) is 0 Å². The number of hydrogen-bond donors (Lipinski definition) is 0. The van der Waals surface area contributed by atoms with Crippen molar-refractivity contribution in [3.05, 3.63) is 0 Å². The zero-order chi connectivity index (χ0) is 5.28. The number of hydrogen-bond acceptors (Lipinski definition) is 1. The Balaban J connectivity index is 2.33. The highest BCUT2D eigenvalue weighted by Crippen LogP contribution is 2.24. The van der Waals surface area contributed by atoms with Crippen molar-refractivity contribution in [2.24, 2.45) is 0 Å². The molecule has 2 unspecified atom stereocenters. The van der Waals surface area contributed by atoms with Crippen LogP contribution in [0, 0.1) is 0 Å². The molecule has 0 aromatic rings. The predicted octanol–water partition coefficient (Wildman–Crippen LogP) is 1.89. The molecule has 2 atom stereocenters. The van der Waals surface area contributed by atoms with Gasteiger partial charge < -0.3 is 4.74 Å². The monoisotopic (exact) mass is 228 g/mol. The lowest BCUT2D eigenvalue weighted by atomic mass is 10.4. The van der Waals surface area contributed by atoms with Gasteiger partial charge in [0.25, 0.3) is 0 Å². The van der Waals surface area contributed by atoms with E-state index in [9.17, 15) is 0 Å². The fourth-order valence-corrected chi connectivity index (χ4v) is 1.32. The van der Waals surface area contributed by atoms with Gasteiger partial charge in [-0.05, 0) is 6.42 Å². The largest absolute Gasteiger partial charge is 0.366 e. The summed E-state index contributed by atoms with van der Waals surface area (Å²) >= 11 is 6.77. The Kier molecular flexibility index (Phi) is 2.13. The highest BCUT2D eigenvalue weighted by atomic mass is 79.9. The molecular weight excluding hydrogens is 224 g/mol. The summed E-state index contributed by atoms with van der Waals surface area (Å²) in [5, 5.41) is 0.243. The Hall–Kier alpha value is 0.920. The van der Waals surface area contributed by atoms with Crippen LogP contribution in [0.15, 0.2) is 0 Å². The van der Waals surface area contributed by atoms with Crippen molar-refractivity contribution in [3.8, 4) is 0 Å². The molecule has 1 rings (SSSR count). The quantitative estimate of drug-likeness (QED) is 0.577. The molecule has 0 aliphatic carbocycles. The number of alkyl halides is 2. The summed E-state index contributed by atoms with van der Waals surface area (Å²) in [6, 6.07) is 0. The average Bonchev–Trinajstić information content (AvgIpc) is 1.91. The molecule has 1 aliphatic rings. The lowest BCUT2D eigenvalue weighted by molar-refractivity contribution is 0.180. The van der Waals surface area contributed by atoms with E-state index < -0.39 is 0 Å². The molecule has 7 heavy (non-hydrogen) atoms. The minimum absolute atomic E-state index is 0.243. The summed E-state index contributed by atoms with van der Waals surface area (Å²) in [5.41, 5.74) is 0. The third-order valence-electron chi connectivity index (χ3n) is 0.955. The normalized spacial score (nSPS) is 42.0. The number of halogens is 2. The third kappa shape index (κ3) is 1.40. The van der Waals surface area contributed by atoms with Crippen LogP contribution in [-0.2, 0) is 4.74 Å². The summed E-state index contributed by atoms with van der Waals surface area (Å²) in [6.45, 7) is 0.881. The second kappa shape index (κ2) is 2.46. The lowest BCUT2D eigenvalue weighted by Gasteiger charge is -2.00. The molecule has 1 fully saturated rings. The zero-order valence-corrected chi connectivity index (χ0v) is 6.91. The molecular formula is C4H6Br2O. The zero-order valence-electron chi connectivity index (χ0n) is 3.73. The molecule has 0 spiro atoms. The topological polar surface area (TPSA) is 9.23 Å². The van der Waals surface area contributed by atoms with E-state index in [1.165, 1.54) is 0 Å². The maximum Gasteiger partial charge on any atom is 0.125 e. The standard InChI is InChI=1S/C4H6Br2O/c5-3-1-2-7-4(3)6/h3-4H,1-2H2. The minimum Gasteiger partial charge on any atom is -0.366 e. The van der Waals surface area contributed by atoms with Crippen LogP contribution in [0.25, 0.3) is 0 Å². The van der Waals surface area contributed by atoms with Crippen molar-refractivity contribution in [1.82, 2.24) is 0 Å². The maximum atomic E-state index is 5.13. The molecule has 42 valence electrons. The van der Waals surface area contributed by atoms with Gasteiger partial charge in [-0.1, -0.05) is 31.9 Å². The van der Waals surface area contributed by atoms with Crippen LogP contribution in [0.2, 0.25) is 0 Å². The van der Waals surface area contributed by atoms with Gasteiger partial charge in [-0.15, -0.1) is 0 Å². The Morgan fingerprint density at radius 2 is 2.14 bits per heavy atom. The van der Waals surface area contributed by atoms with Gasteiger partial charge in [-0.25, -0.2) is 0 Å². The summed E-state index contributed by atoms with van der Waals surface area (Å²) in [4.78, 5) is 0.521. The molecule has 0 N–H and O–H groups in total. The first-order chi connectivity index (χ1) is 3.30. The Morgan fingerprint density at radius 1 is 1.43 bits per heavy atom. The van der Waals surface area contributed by atoms with E-state index in [2.05, 4.69) is 31.9 Å². The second-order valence-electron chi connectivity index (χ2n) is 1.53. The van der Waals surface area contributed by atoms with Gasteiger partial charge in [0, 0.05) is 6.61 Å². The molecule has 1 nitrogen and oxygen atoms in total.